The van der Waals surface area contributed by atoms with E-state index < -0.39 is 0 Å². The molecule has 98 valence electrons. The van der Waals surface area contributed by atoms with Crippen LogP contribution in [0.4, 0.5) is 0 Å². The van der Waals surface area contributed by atoms with Crippen molar-refractivity contribution in [2.75, 3.05) is 19.7 Å². The van der Waals surface area contributed by atoms with Gasteiger partial charge in [-0.15, -0.1) is 0 Å². The van der Waals surface area contributed by atoms with Gasteiger partial charge in [0.25, 0.3) is 0 Å². The zero-order valence-electron chi connectivity index (χ0n) is 11.6. The average molecular weight is 239 g/mol. The minimum atomic E-state index is -0.373. The second-order valence-electron chi connectivity index (χ2n) is 5.25. The zero-order chi connectivity index (χ0) is 13.5. The lowest BCUT2D eigenvalue weighted by Gasteiger charge is -2.29. The van der Waals surface area contributed by atoms with Gasteiger partial charge in [-0.25, -0.2) is 4.79 Å². The summed E-state index contributed by atoms with van der Waals surface area (Å²) in [4.78, 5) is 13.0. The number of esters is 1. The summed E-state index contributed by atoms with van der Waals surface area (Å²) in [5.74, 6) is -0.373. The fourth-order valence-corrected chi connectivity index (χ4v) is 1.58. The van der Waals surface area contributed by atoms with Crippen LogP contribution in [0.3, 0.4) is 0 Å². The van der Waals surface area contributed by atoms with Gasteiger partial charge in [0.05, 0.1) is 6.54 Å². The molecule has 3 nitrogen and oxygen atoms in total. The summed E-state index contributed by atoms with van der Waals surface area (Å²) in [6.45, 7) is 18.0. The predicted molar refractivity (Wildman–Crippen MR) is 71.6 cm³/mol. The quantitative estimate of drug-likeness (QED) is 0.505. The molecule has 0 N–H and O–H groups in total. The van der Waals surface area contributed by atoms with Gasteiger partial charge in [-0.3, -0.25) is 0 Å². The van der Waals surface area contributed by atoms with Gasteiger partial charge >= 0.3 is 5.97 Å². The SMILES string of the molecule is C=CC(=O)OCCN(CC)C(=C)CC(C)(C)C. The van der Waals surface area contributed by atoms with Crippen LogP contribution in [0, 0.1) is 5.41 Å². The van der Waals surface area contributed by atoms with Crippen molar-refractivity contribution in [2.45, 2.75) is 34.1 Å². The molecular formula is C14H25NO2. The standard InChI is InChI=1S/C14H25NO2/c1-7-13(16)17-10-9-15(8-2)12(3)11-14(4,5)6/h7H,1,3,8-11H2,2,4-6H3. The van der Waals surface area contributed by atoms with E-state index >= 15 is 0 Å². The van der Waals surface area contributed by atoms with Gasteiger partial charge in [0.15, 0.2) is 0 Å². The molecule has 0 aromatic heterocycles. The van der Waals surface area contributed by atoms with Crippen molar-refractivity contribution in [2.24, 2.45) is 5.41 Å². The number of carbonyl (C=O) groups excluding carboxylic acids is 1. The van der Waals surface area contributed by atoms with E-state index in [1.807, 2.05) is 0 Å². The highest BCUT2D eigenvalue weighted by molar-refractivity contribution is 5.81. The number of rotatable bonds is 7. The second kappa shape index (κ2) is 7.15. The Morgan fingerprint density at radius 2 is 2.00 bits per heavy atom. The molecule has 0 aliphatic rings. The number of hydrogen-bond donors (Lipinski definition) is 0. The Labute approximate surface area is 105 Å². The van der Waals surface area contributed by atoms with E-state index in [-0.39, 0.29) is 11.4 Å². The summed E-state index contributed by atoms with van der Waals surface area (Å²) in [5.41, 5.74) is 1.32. The lowest BCUT2D eigenvalue weighted by atomic mass is 9.90. The van der Waals surface area contributed by atoms with Gasteiger partial charge in [-0.05, 0) is 18.8 Å². The smallest absolute Gasteiger partial charge is 0.330 e. The molecule has 0 heterocycles. The van der Waals surface area contributed by atoms with Crippen LogP contribution in [0.25, 0.3) is 0 Å². The first-order valence-electron chi connectivity index (χ1n) is 6.02. The van der Waals surface area contributed by atoms with E-state index in [1.54, 1.807) is 0 Å². The van der Waals surface area contributed by atoms with E-state index in [0.717, 1.165) is 18.7 Å². The Hall–Kier alpha value is -1.25. The van der Waals surface area contributed by atoms with Gasteiger partial charge in [-0.2, -0.15) is 0 Å². The molecule has 0 amide bonds. The molecule has 0 fully saturated rings. The van der Waals surface area contributed by atoms with E-state index in [0.29, 0.717) is 13.2 Å². The van der Waals surface area contributed by atoms with Crippen molar-refractivity contribution < 1.29 is 9.53 Å². The molecule has 0 aromatic carbocycles. The Morgan fingerprint density at radius 1 is 1.41 bits per heavy atom. The molecule has 0 aliphatic heterocycles. The minimum Gasteiger partial charge on any atom is -0.461 e. The van der Waals surface area contributed by atoms with Gasteiger partial charge in [0, 0.05) is 18.3 Å². The largest absolute Gasteiger partial charge is 0.461 e. The summed E-state index contributed by atoms with van der Waals surface area (Å²) in [6, 6.07) is 0. The Balaban J connectivity index is 4.11. The van der Waals surface area contributed by atoms with Crippen molar-refractivity contribution in [1.82, 2.24) is 4.90 Å². The predicted octanol–water partition coefficient (Wildman–Crippen LogP) is 2.99. The summed E-state index contributed by atoms with van der Waals surface area (Å²) in [7, 11) is 0. The average Bonchev–Trinajstić information content (AvgIpc) is 2.21. The molecule has 3 heteroatoms. The summed E-state index contributed by atoms with van der Waals surface area (Å²) >= 11 is 0. The highest BCUT2D eigenvalue weighted by Gasteiger charge is 2.15. The molecule has 0 aromatic rings. The molecule has 0 atom stereocenters. The molecule has 0 unspecified atom stereocenters. The third kappa shape index (κ3) is 7.61. The van der Waals surface area contributed by atoms with Crippen molar-refractivity contribution in [3.05, 3.63) is 24.9 Å². The maximum absolute atomic E-state index is 10.9. The minimum absolute atomic E-state index is 0.225. The van der Waals surface area contributed by atoms with Crippen LogP contribution in [-0.2, 0) is 9.53 Å². The molecular weight excluding hydrogens is 214 g/mol. The van der Waals surface area contributed by atoms with Crippen LogP contribution in [0.2, 0.25) is 0 Å². The monoisotopic (exact) mass is 239 g/mol. The topological polar surface area (TPSA) is 29.5 Å². The molecule has 0 rings (SSSR count). The van der Waals surface area contributed by atoms with E-state index in [9.17, 15) is 4.79 Å². The third-order valence-electron chi connectivity index (χ3n) is 2.34. The number of ether oxygens (including phenoxy) is 1. The van der Waals surface area contributed by atoms with Gasteiger partial charge in [-0.1, -0.05) is 33.9 Å². The van der Waals surface area contributed by atoms with Crippen LogP contribution >= 0.6 is 0 Å². The fourth-order valence-electron chi connectivity index (χ4n) is 1.58. The lowest BCUT2D eigenvalue weighted by molar-refractivity contribution is -0.138. The highest BCUT2D eigenvalue weighted by atomic mass is 16.5. The first kappa shape index (κ1) is 15.8. The van der Waals surface area contributed by atoms with Gasteiger partial charge < -0.3 is 9.64 Å². The van der Waals surface area contributed by atoms with Crippen LogP contribution in [0.1, 0.15) is 34.1 Å². The second-order valence-corrected chi connectivity index (χ2v) is 5.25. The normalized spacial score (nSPS) is 10.8. The van der Waals surface area contributed by atoms with Crippen molar-refractivity contribution in [3.8, 4) is 0 Å². The van der Waals surface area contributed by atoms with Crippen LogP contribution < -0.4 is 0 Å². The first-order valence-corrected chi connectivity index (χ1v) is 6.02. The maximum atomic E-state index is 10.9. The van der Waals surface area contributed by atoms with E-state index in [1.165, 1.54) is 6.08 Å². The summed E-state index contributed by atoms with van der Waals surface area (Å²) in [6.07, 6.45) is 2.12. The summed E-state index contributed by atoms with van der Waals surface area (Å²) < 4.78 is 4.96. The lowest BCUT2D eigenvalue weighted by Crippen LogP contribution is -2.29. The molecule has 17 heavy (non-hydrogen) atoms. The number of likely N-dealkylation sites (N-methyl/N-ethyl adjacent to an activating group) is 1. The molecule has 0 spiro atoms. The Bertz CT molecular complexity index is 276. The van der Waals surface area contributed by atoms with Crippen LogP contribution in [0.5, 0.6) is 0 Å². The van der Waals surface area contributed by atoms with Crippen molar-refractivity contribution >= 4 is 5.97 Å². The number of hydrogen-bond acceptors (Lipinski definition) is 3. The molecule has 0 saturated heterocycles. The number of nitrogens with zero attached hydrogens (tertiary/aromatic N) is 1. The van der Waals surface area contributed by atoms with Gasteiger partial charge in [0.1, 0.15) is 6.61 Å². The number of carbonyl (C=O) groups is 1. The zero-order valence-corrected chi connectivity index (χ0v) is 11.6. The molecule has 0 aliphatic carbocycles. The third-order valence-corrected chi connectivity index (χ3v) is 2.34. The van der Waals surface area contributed by atoms with Crippen LogP contribution in [-0.4, -0.2) is 30.6 Å². The van der Waals surface area contributed by atoms with E-state index in [2.05, 4.69) is 45.8 Å². The Morgan fingerprint density at radius 3 is 2.41 bits per heavy atom. The first-order chi connectivity index (χ1) is 7.80. The summed E-state index contributed by atoms with van der Waals surface area (Å²) in [5, 5.41) is 0. The highest BCUT2D eigenvalue weighted by Crippen LogP contribution is 2.24. The maximum Gasteiger partial charge on any atom is 0.330 e. The van der Waals surface area contributed by atoms with E-state index in [4.69, 9.17) is 4.74 Å². The van der Waals surface area contributed by atoms with Crippen LogP contribution in [0.15, 0.2) is 24.9 Å². The molecule has 0 radical (unpaired) electrons. The van der Waals surface area contributed by atoms with Gasteiger partial charge in [0.2, 0.25) is 0 Å². The van der Waals surface area contributed by atoms with Crippen molar-refractivity contribution in [3.63, 3.8) is 0 Å². The number of allylic oxidation sites excluding steroid dienone is 1. The Kier molecular flexibility index (Phi) is 6.62. The van der Waals surface area contributed by atoms with Crippen molar-refractivity contribution in [1.29, 1.82) is 0 Å². The fraction of sp³-hybridized carbons (Fsp3) is 0.643. The molecule has 0 bridgehead atoms. The molecule has 0 saturated carbocycles.